The Morgan fingerprint density at radius 1 is 0.500 bits per heavy atom. The highest BCUT2D eigenvalue weighted by molar-refractivity contribution is 7.92. The lowest BCUT2D eigenvalue weighted by Gasteiger charge is -2.29. The molecule has 0 heterocycles. The number of rotatable bonds is 6. The van der Waals surface area contributed by atoms with Crippen molar-refractivity contribution in [2.75, 3.05) is 5.90 Å². The number of hydrogen-bond acceptors (Lipinski definition) is 1. The first-order valence-electron chi connectivity index (χ1n) is 9.39. The molecule has 3 heteroatoms. The van der Waals surface area contributed by atoms with E-state index in [2.05, 4.69) is 109 Å². The van der Waals surface area contributed by atoms with E-state index in [-0.39, 0.29) is 0 Å². The summed E-state index contributed by atoms with van der Waals surface area (Å²) in [7, 11) is -2.91. The van der Waals surface area contributed by atoms with Crippen LogP contribution in [0.15, 0.2) is 121 Å². The average molecular weight is 399 g/mol. The lowest BCUT2D eigenvalue weighted by atomic mass is 10.4. The van der Waals surface area contributed by atoms with Crippen molar-refractivity contribution in [3.63, 3.8) is 0 Å². The molecule has 1 nitrogen and oxygen atoms in total. The van der Waals surface area contributed by atoms with Crippen LogP contribution in [0.4, 0.5) is 0 Å². The van der Waals surface area contributed by atoms with Gasteiger partial charge < -0.3 is 5.16 Å². The summed E-state index contributed by atoms with van der Waals surface area (Å²) < 4.78 is 0. The Morgan fingerprint density at radius 3 is 1.18 bits per heavy atom. The van der Waals surface area contributed by atoms with Gasteiger partial charge in [-0.25, -0.2) is 0 Å². The lowest BCUT2D eigenvalue weighted by Crippen LogP contribution is -2.22. The summed E-state index contributed by atoms with van der Waals surface area (Å²) in [5, 5.41) is 14.7. The van der Waals surface area contributed by atoms with Gasteiger partial charge in [0.05, 0.1) is 0 Å². The van der Waals surface area contributed by atoms with Crippen molar-refractivity contribution < 1.29 is 0 Å². The molecule has 0 saturated carbocycles. The fraction of sp³-hybridized carbons (Fsp3) is 0.0400. The van der Waals surface area contributed by atoms with Gasteiger partial charge >= 0.3 is 0 Å². The van der Waals surface area contributed by atoms with Crippen LogP contribution in [-0.4, -0.2) is 5.90 Å². The van der Waals surface area contributed by atoms with Crippen molar-refractivity contribution in [1.82, 2.24) is 0 Å². The number of nitrogens with one attached hydrogen (secondary N) is 1. The molecule has 0 fully saturated rings. The summed E-state index contributed by atoms with van der Waals surface area (Å²) in [4.78, 5) is 0. The van der Waals surface area contributed by atoms with Crippen molar-refractivity contribution in [3.05, 3.63) is 121 Å². The summed E-state index contributed by atoms with van der Waals surface area (Å²) in [6.07, 6.45) is 0. The molecule has 0 radical (unpaired) electrons. The van der Waals surface area contributed by atoms with Gasteiger partial charge in [0.1, 0.15) is 0 Å². The van der Waals surface area contributed by atoms with E-state index in [0.717, 1.165) is 16.5 Å². The van der Waals surface area contributed by atoms with Gasteiger partial charge in [0.15, 0.2) is 0 Å². The van der Waals surface area contributed by atoms with Crippen LogP contribution in [0.2, 0.25) is 0 Å². The molecule has 0 aromatic heterocycles. The second-order valence-corrected chi connectivity index (χ2v) is 12.4. The van der Waals surface area contributed by atoms with Crippen LogP contribution < -0.4 is 21.2 Å². The van der Waals surface area contributed by atoms with Crippen LogP contribution in [0.5, 0.6) is 0 Å². The maximum atomic E-state index is 9.76. The van der Waals surface area contributed by atoms with Crippen molar-refractivity contribution in [2.24, 2.45) is 0 Å². The van der Waals surface area contributed by atoms with Gasteiger partial charge in [-0.1, -0.05) is 121 Å². The summed E-state index contributed by atoms with van der Waals surface area (Å²) in [6.45, 7) is 0. The highest BCUT2D eigenvalue weighted by Crippen LogP contribution is 2.54. The Hall–Kier alpha value is -2.46. The van der Waals surface area contributed by atoms with E-state index in [4.69, 9.17) is 0 Å². The Kier molecular flexibility index (Phi) is 5.87. The van der Waals surface area contributed by atoms with Crippen LogP contribution in [0.3, 0.4) is 0 Å². The molecule has 0 bridgehead atoms. The van der Waals surface area contributed by atoms with Crippen LogP contribution in [-0.2, 0) is 0 Å². The van der Waals surface area contributed by atoms with Gasteiger partial charge in [0, 0.05) is 13.0 Å². The van der Waals surface area contributed by atoms with E-state index in [9.17, 15) is 5.16 Å². The van der Waals surface area contributed by atoms with E-state index in [1.165, 1.54) is 10.6 Å². The minimum absolute atomic E-state index is 0.624. The van der Waals surface area contributed by atoms with Gasteiger partial charge in [-0.2, -0.15) is 0 Å². The SMILES string of the molecule is N=P(CP(c1ccccc1)c1ccccc1)(c1ccccc1)c1ccccc1. The van der Waals surface area contributed by atoms with Crippen molar-refractivity contribution in [1.29, 1.82) is 5.16 Å². The Balaban J connectivity index is 1.85. The van der Waals surface area contributed by atoms with E-state index in [1.54, 1.807) is 0 Å². The molecule has 4 aromatic carbocycles. The fourth-order valence-corrected chi connectivity index (χ4v) is 10.8. The average Bonchev–Trinajstić information content (AvgIpc) is 2.80. The second kappa shape index (κ2) is 8.70. The first-order chi connectivity index (χ1) is 13.8. The first-order valence-corrected chi connectivity index (χ1v) is 12.9. The molecule has 28 heavy (non-hydrogen) atoms. The Labute approximate surface area is 168 Å². The first kappa shape index (κ1) is 18.9. The summed E-state index contributed by atoms with van der Waals surface area (Å²) in [6, 6.07) is 42.4. The molecule has 4 rings (SSSR count). The molecule has 1 N–H and O–H groups in total. The zero-order chi connectivity index (χ0) is 19.2. The van der Waals surface area contributed by atoms with Gasteiger partial charge in [-0.05, 0) is 29.1 Å². The lowest BCUT2D eigenvalue weighted by molar-refractivity contribution is 1.57. The van der Waals surface area contributed by atoms with Gasteiger partial charge in [-0.15, -0.1) is 0 Å². The highest BCUT2D eigenvalue weighted by atomic mass is 31.2. The van der Waals surface area contributed by atoms with Crippen molar-refractivity contribution >= 4 is 36.2 Å². The van der Waals surface area contributed by atoms with Gasteiger partial charge in [0.25, 0.3) is 0 Å². The third kappa shape index (κ3) is 4.02. The summed E-state index contributed by atoms with van der Waals surface area (Å²) >= 11 is 0. The molecular weight excluding hydrogens is 376 g/mol. The van der Waals surface area contributed by atoms with Crippen LogP contribution in [0, 0.1) is 5.16 Å². The molecule has 0 saturated heterocycles. The fourth-order valence-electron chi connectivity index (χ4n) is 3.42. The van der Waals surface area contributed by atoms with Crippen molar-refractivity contribution in [3.8, 4) is 0 Å². The molecule has 0 amide bonds. The molecule has 4 aromatic rings. The van der Waals surface area contributed by atoms with E-state index in [0.29, 0.717) is 0 Å². The molecule has 138 valence electrons. The maximum Gasteiger partial charge on any atom is 0.0284 e. The van der Waals surface area contributed by atoms with E-state index >= 15 is 0 Å². The topological polar surface area (TPSA) is 23.9 Å². The smallest absolute Gasteiger partial charge is 0.0284 e. The maximum absolute atomic E-state index is 9.76. The quantitative estimate of drug-likeness (QED) is 0.414. The minimum Gasteiger partial charge on any atom is -0.309 e. The zero-order valence-electron chi connectivity index (χ0n) is 15.6. The highest BCUT2D eigenvalue weighted by Gasteiger charge is 2.28. The minimum atomic E-state index is -2.28. The monoisotopic (exact) mass is 399 g/mol. The summed E-state index contributed by atoms with van der Waals surface area (Å²) in [5.74, 6) is 0.852. The molecule has 0 aliphatic carbocycles. The van der Waals surface area contributed by atoms with E-state index in [1.807, 2.05) is 12.1 Å². The normalized spacial score (nSPS) is 11.5. The van der Waals surface area contributed by atoms with Crippen LogP contribution >= 0.6 is 15.0 Å². The zero-order valence-corrected chi connectivity index (χ0v) is 17.4. The largest absolute Gasteiger partial charge is 0.309 e. The molecule has 0 unspecified atom stereocenters. The second-order valence-electron chi connectivity index (χ2n) is 6.72. The predicted molar refractivity (Wildman–Crippen MR) is 126 cm³/mol. The van der Waals surface area contributed by atoms with E-state index < -0.39 is 15.0 Å². The Morgan fingerprint density at radius 2 is 0.821 bits per heavy atom. The molecule has 0 spiro atoms. The summed E-state index contributed by atoms with van der Waals surface area (Å²) in [5.41, 5.74) is 0. The molecule has 0 aliphatic heterocycles. The standard InChI is InChI=1S/C25H23NP2/c26-28(24-17-9-3-10-18-24,25-19-11-4-12-20-25)21-27(22-13-5-1-6-14-22)23-15-7-2-8-16-23/h1-20,26H,21H2. The van der Waals surface area contributed by atoms with Gasteiger partial charge in [-0.3, -0.25) is 0 Å². The van der Waals surface area contributed by atoms with Gasteiger partial charge in [0.2, 0.25) is 0 Å². The third-order valence-corrected chi connectivity index (χ3v) is 11.9. The number of hydrogen-bond donors (Lipinski definition) is 1. The Bertz CT molecular complexity index is 966. The number of benzene rings is 4. The molecule has 0 aliphatic rings. The third-order valence-electron chi connectivity index (χ3n) is 4.88. The molecule has 0 atom stereocenters. The van der Waals surface area contributed by atoms with Crippen LogP contribution in [0.25, 0.3) is 0 Å². The van der Waals surface area contributed by atoms with Crippen molar-refractivity contribution in [2.45, 2.75) is 0 Å². The molecular formula is C25H23NP2. The van der Waals surface area contributed by atoms with Crippen LogP contribution in [0.1, 0.15) is 0 Å². The predicted octanol–water partition coefficient (Wildman–Crippen LogP) is 5.51.